The average molecular weight is 480 g/mol. The van der Waals surface area contributed by atoms with E-state index in [4.69, 9.17) is 4.74 Å². The van der Waals surface area contributed by atoms with Crippen molar-refractivity contribution in [3.05, 3.63) is 18.2 Å². The minimum Gasteiger partial charge on any atom is -0.489 e. The number of carbonyl (C=O) groups is 2. The molecule has 2 aliphatic rings. The smallest absolute Gasteiger partial charge is 0.243 e. The molecular weight excluding hydrogens is 442 g/mol. The fraction of sp³-hybridized carbons (Fsp3) is 0.667. The highest BCUT2D eigenvalue weighted by molar-refractivity contribution is 7.89. The third-order valence-electron chi connectivity index (χ3n) is 6.20. The molecule has 9 heteroatoms. The number of rotatable bonds is 7. The van der Waals surface area contributed by atoms with E-state index in [9.17, 15) is 18.0 Å². The predicted molar refractivity (Wildman–Crippen MR) is 128 cm³/mol. The zero-order valence-corrected chi connectivity index (χ0v) is 21.0. The number of benzene rings is 1. The van der Waals surface area contributed by atoms with Gasteiger partial charge in [0.05, 0.1) is 16.7 Å². The van der Waals surface area contributed by atoms with E-state index in [1.54, 1.807) is 12.1 Å². The molecule has 2 aliphatic heterocycles. The summed E-state index contributed by atoms with van der Waals surface area (Å²) in [7, 11) is -3.63. The van der Waals surface area contributed by atoms with Crippen LogP contribution in [0.5, 0.6) is 5.75 Å². The number of amides is 2. The largest absolute Gasteiger partial charge is 0.489 e. The minimum absolute atomic E-state index is 0.0595. The highest BCUT2D eigenvalue weighted by Crippen LogP contribution is 2.32. The Labute approximate surface area is 197 Å². The first-order valence-electron chi connectivity index (χ1n) is 12.0. The van der Waals surface area contributed by atoms with Crippen molar-refractivity contribution in [3.63, 3.8) is 0 Å². The average Bonchev–Trinajstić information content (AvgIpc) is 2.79. The summed E-state index contributed by atoms with van der Waals surface area (Å²) in [5.41, 5.74) is 0.368. The van der Waals surface area contributed by atoms with Crippen molar-refractivity contribution >= 4 is 27.5 Å². The molecule has 1 aromatic carbocycles. The lowest BCUT2D eigenvalue weighted by atomic mass is 9.95. The van der Waals surface area contributed by atoms with Crippen LogP contribution in [0.25, 0.3) is 0 Å². The van der Waals surface area contributed by atoms with E-state index in [0.29, 0.717) is 50.5 Å². The third-order valence-corrected chi connectivity index (χ3v) is 8.09. The molecule has 0 radical (unpaired) electrons. The standard InChI is InChI=1S/C24H37N3O5S/c1-17(2)24(29)26-14-10-19(11-15-26)23(28)25-21-16-20(8-9-22(21)32-18(3)4)33(30,31)27-12-6-5-7-13-27/h8-9,16-19H,5-7,10-15H2,1-4H3,(H,25,28). The quantitative estimate of drug-likeness (QED) is 0.646. The Hall–Kier alpha value is -2.13. The van der Waals surface area contributed by atoms with E-state index in [1.807, 2.05) is 32.6 Å². The first kappa shape index (κ1) is 25.5. The molecule has 1 aromatic rings. The summed E-state index contributed by atoms with van der Waals surface area (Å²) in [5.74, 6) is 0.0828. The van der Waals surface area contributed by atoms with Crippen LogP contribution >= 0.6 is 0 Å². The minimum atomic E-state index is -3.63. The van der Waals surface area contributed by atoms with E-state index >= 15 is 0 Å². The number of hydrogen-bond donors (Lipinski definition) is 1. The summed E-state index contributed by atoms with van der Waals surface area (Å²) in [6.45, 7) is 9.65. The fourth-order valence-electron chi connectivity index (χ4n) is 4.34. The second kappa shape index (κ2) is 10.9. The lowest BCUT2D eigenvalue weighted by Crippen LogP contribution is -2.43. The van der Waals surface area contributed by atoms with E-state index in [1.165, 1.54) is 10.4 Å². The molecule has 8 nitrogen and oxygen atoms in total. The maximum atomic E-state index is 13.2. The third kappa shape index (κ3) is 6.26. The summed E-state index contributed by atoms with van der Waals surface area (Å²) in [5, 5.41) is 2.92. The van der Waals surface area contributed by atoms with Crippen LogP contribution in [0.2, 0.25) is 0 Å². The van der Waals surface area contributed by atoms with E-state index < -0.39 is 10.0 Å². The molecule has 184 valence electrons. The lowest BCUT2D eigenvalue weighted by Gasteiger charge is -2.32. The molecule has 0 aliphatic carbocycles. The summed E-state index contributed by atoms with van der Waals surface area (Å²) in [4.78, 5) is 27.2. The fourth-order valence-corrected chi connectivity index (χ4v) is 5.88. The summed E-state index contributed by atoms with van der Waals surface area (Å²) in [6, 6.07) is 4.68. The Bertz CT molecular complexity index is 947. The van der Waals surface area contributed by atoms with Crippen molar-refractivity contribution in [2.24, 2.45) is 11.8 Å². The van der Waals surface area contributed by atoms with Gasteiger partial charge in [-0.2, -0.15) is 4.31 Å². The molecule has 1 N–H and O–H groups in total. The van der Waals surface area contributed by atoms with Crippen molar-refractivity contribution in [2.45, 2.75) is 70.8 Å². The van der Waals surface area contributed by atoms with Gasteiger partial charge in [-0.05, 0) is 57.7 Å². The molecule has 2 heterocycles. The summed E-state index contributed by atoms with van der Waals surface area (Å²) < 4.78 is 33.7. The number of carbonyl (C=O) groups excluding carboxylic acids is 2. The maximum absolute atomic E-state index is 13.2. The van der Waals surface area contributed by atoms with Crippen LogP contribution in [0.4, 0.5) is 5.69 Å². The highest BCUT2D eigenvalue weighted by Gasteiger charge is 2.30. The van der Waals surface area contributed by atoms with Crippen LogP contribution in [-0.4, -0.2) is 61.7 Å². The number of ether oxygens (including phenoxy) is 1. The molecule has 0 spiro atoms. The van der Waals surface area contributed by atoms with Crippen LogP contribution in [0.1, 0.15) is 59.8 Å². The number of sulfonamides is 1. The number of piperidine rings is 2. The molecule has 33 heavy (non-hydrogen) atoms. The zero-order valence-electron chi connectivity index (χ0n) is 20.2. The normalized spacial score (nSPS) is 18.5. The second-order valence-corrected chi connectivity index (χ2v) is 11.5. The summed E-state index contributed by atoms with van der Waals surface area (Å²) >= 11 is 0. The van der Waals surface area contributed by atoms with Crippen LogP contribution in [0, 0.1) is 11.8 Å². The van der Waals surface area contributed by atoms with Crippen LogP contribution in [0.3, 0.4) is 0 Å². The molecule has 0 atom stereocenters. The molecule has 0 saturated carbocycles. The van der Waals surface area contributed by atoms with Crippen LogP contribution < -0.4 is 10.1 Å². The Balaban J connectivity index is 1.77. The number of anilines is 1. The SMILES string of the molecule is CC(C)Oc1ccc(S(=O)(=O)N2CCCCC2)cc1NC(=O)C1CCN(C(=O)C(C)C)CC1. The van der Waals surface area contributed by atoms with Gasteiger partial charge < -0.3 is 15.0 Å². The van der Waals surface area contributed by atoms with E-state index in [2.05, 4.69) is 5.32 Å². The predicted octanol–water partition coefficient (Wildman–Crippen LogP) is 3.48. The topological polar surface area (TPSA) is 96.0 Å². The van der Waals surface area contributed by atoms with Gasteiger partial charge in [-0.1, -0.05) is 20.3 Å². The maximum Gasteiger partial charge on any atom is 0.243 e. The molecule has 3 rings (SSSR count). The lowest BCUT2D eigenvalue weighted by molar-refractivity contribution is -0.137. The molecule has 0 bridgehead atoms. The monoisotopic (exact) mass is 479 g/mol. The first-order chi connectivity index (χ1) is 15.6. The van der Waals surface area contributed by atoms with Gasteiger partial charge in [-0.3, -0.25) is 9.59 Å². The Morgan fingerprint density at radius 2 is 1.64 bits per heavy atom. The summed E-state index contributed by atoms with van der Waals surface area (Å²) in [6.07, 6.45) is 3.78. The first-order valence-corrected chi connectivity index (χ1v) is 13.4. The Kier molecular flexibility index (Phi) is 8.39. The van der Waals surface area contributed by atoms with Crippen molar-refractivity contribution in [1.29, 1.82) is 0 Å². The Morgan fingerprint density at radius 3 is 2.21 bits per heavy atom. The number of likely N-dealkylation sites (tertiary alicyclic amines) is 1. The van der Waals surface area contributed by atoms with Crippen LogP contribution in [0.15, 0.2) is 23.1 Å². The van der Waals surface area contributed by atoms with E-state index in [0.717, 1.165) is 19.3 Å². The van der Waals surface area contributed by atoms with Gasteiger partial charge in [0.25, 0.3) is 0 Å². The second-order valence-electron chi connectivity index (χ2n) is 9.53. The van der Waals surface area contributed by atoms with Gasteiger partial charge in [0, 0.05) is 38.0 Å². The van der Waals surface area contributed by atoms with Gasteiger partial charge in [-0.15, -0.1) is 0 Å². The zero-order chi connectivity index (χ0) is 24.2. The van der Waals surface area contributed by atoms with Crippen molar-refractivity contribution in [1.82, 2.24) is 9.21 Å². The molecule has 0 aromatic heterocycles. The van der Waals surface area contributed by atoms with Crippen LogP contribution in [-0.2, 0) is 19.6 Å². The molecular formula is C24H37N3O5S. The number of nitrogens with zero attached hydrogens (tertiary/aromatic N) is 2. The van der Waals surface area contributed by atoms with Gasteiger partial charge in [0.2, 0.25) is 21.8 Å². The van der Waals surface area contributed by atoms with Crippen molar-refractivity contribution < 1.29 is 22.7 Å². The van der Waals surface area contributed by atoms with Crippen molar-refractivity contribution in [2.75, 3.05) is 31.5 Å². The van der Waals surface area contributed by atoms with Gasteiger partial charge in [0.15, 0.2) is 0 Å². The van der Waals surface area contributed by atoms with Gasteiger partial charge >= 0.3 is 0 Å². The van der Waals surface area contributed by atoms with Gasteiger partial charge in [0.1, 0.15) is 5.75 Å². The highest BCUT2D eigenvalue weighted by atomic mass is 32.2. The number of nitrogens with one attached hydrogen (secondary N) is 1. The molecule has 2 amide bonds. The molecule has 0 unspecified atom stereocenters. The van der Waals surface area contributed by atoms with E-state index in [-0.39, 0.29) is 34.6 Å². The molecule has 2 saturated heterocycles. The van der Waals surface area contributed by atoms with Gasteiger partial charge in [-0.25, -0.2) is 8.42 Å². The Morgan fingerprint density at radius 1 is 1.00 bits per heavy atom. The molecule has 2 fully saturated rings. The number of hydrogen-bond acceptors (Lipinski definition) is 5. The van der Waals surface area contributed by atoms with Crippen molar-refractivity contribution in [3.8, 4) is 5.75 Å².